The molecular formula is C20H23FN3O+. The van der Waals surface area contributed by atoms with Gasteiger partial charge in [0.05, 0.1) is 44.6 Å². The Morgan fingerprint density at radius 2 is 1.80 bits per heavy atom. The second kappa shape index (κ2) is 7.94. The van der Waals surface area contributed by atoms with Gasteiger partial charge in [0, 0.05) is 6.08 Å². The molecule has 3 rings (SSSR count). The molecule has 0 aliphatic carbocycles. The van der Waals surface area contributed by atoms with E-state index in [2.05, 4.69) is 17.3 Å². The molecule has 4 nitrogen and oxygen atoms in total. The van der Waals surface area contributed by atoms with Crippen LogP contribution >= 0.6 is 0 Å². The fourth-order valence-electron chi connectivity index (χ4n) is 2.90. The molecule has 0 spiro atoms. The molecule has 0 atom stereocenters. The van der Waals surface area contributed by atoms with E-state index < -0.39 is 0 Å². The highest BCUT2D eigenvalue weighted by Crippen LogP contribution is 2.25. The van der Waals surface area contributed by atoms with Crippen LogP contribution in [0.5, 0.6) is 0 Å². The fourth-order valence-corrected chi connectivity index (χ4v) is 2.90. The Hall–Kier alpha value is -2.66. The number of quaternary nitrogens is 1. The Kier molecular flexibility index (Phi) is 5.46. The van der Waals surface area contributed by atoms with Crippen molar-refractivity contribution in [2.75, 3.05) is 43.4 Å². The summed E-state index contributed by atoms with van der Waals surface area (Å²) in [7, 11) is 2.20. The molecule has 0 radical (unpaired) electrons. The van der Waals surface area contributed by atoms with Crippen LogP contribution in [0.15, 0.2) is 54.6 Å². The third-order valence-corrected chi connectivity index (χ3v) is 4.42. The van der Waals surface area contributed by atoms with E-state index in [-0.39, 0.29) is 11.7 Å². The monoisotopic (exact) mass is 340 g/mol. The number of nitrogens with zero attached hydrogens (tertiary/aromatic N) is 1. The zero-order chi connectivity index (χ0) is 17.6. The lowest BCUT2D eigenvalue weighted by atomic mass is 10.2. The lowest BCUT2D eigenvalue weighted by molar-refractivity contribution is -0.880. The minimum atomic E-state index is -0.287. The Labute approximate surface area is 147 Å². The predicted octanol–water partition coefficient (Wildman–Crippen LogP) is 1.81. The SMILES string of the molecule is C[NH+]1CCN(c2ccccc2NC(=O)/C=C/c2ccc(F)cc2)CC1. The minimum absolute atomic E-state index is 0.198. The van der Waals surface area contributed by atoms with E-state index in [1.54, 1.807) is 18.2 Å². The molecule has 2 aromatic rings. The van der Waals surface area contributed by atoms with Gasteiger partial charge in [-0.15, -0.1) is 0 Å². The van der Waals surface area contributed by atoms with E-state index in [1.165, 1.54) is 23.1 Å². The van der Waals surface area contributed by atoms with Crippen molar-refractivity contribution in [1.82, 2.24) is 0 Å². The van der Waals surface area contributed by atoms with E-state index >= 15 is 0 Å². The van der Waals surface area contributed by atoms with Crippen molar-refractivity contribution < 1.29 is 14.1 Å². The first-order valence-corrected chi connectivity index (χ1v) is 8.52. The molecule has 5 heteroatoms. The number of amides is 1. The second-order valence-corrected chi connectivity index (χ2v) is 6.34. The summed E-state index contributed by atoms with van der Waals surface area (Å²) < 4.78 is 12.9. The highest BCUT2D eigenvalue weighted by Gasteiger charge is 2.19. The summed E-state index contributed by atoms with van der Waals surface area (Å²) >= 11 is 0. The molecular weight excluding hydrogens is 317 g/mol. The maximum Gasteiger partial charge on any atom is 0.248 e. The highest BCUT2D eigenvalue weighted by molar-refractivity contribution is 6.03. The molecule has 1 amide bonds. The van der Waals surface area contributed by atoms with Gasteiger partial charge in [-0.05, 0) is 35.9 Å². The first-order chi connectivity index (χ1) is 12.1. The average Bonchev–Trinajstić information content (AvgIpc) is 2.63. The van der Waals surface area contributed by atoms with Gasteiger partial charge in [-0.1, -0.05) is 24.3 Å². The number of carbonyl (C=O) groups is 1. The number of rotatable bonds is 4. The van der Waals surface area contributed by atoms with Gasteiger partial charge in [-0.3, -0.25) is 4.79 Å². The number of carbonyl (C=O) groups excluding carboxylic acids is 1. The van der Waals surface area contributed by atoms with Crippen molar-refractivity contribution in [1.29, 1.82) is 0 Å². The van der Waals surface area contributed by atoms with Crippen molar-refractivity contribution in [2.24, 2.45) is 0 Å². The van der Waals surface area contributed by atoms with Gasteiger partial charge < -0.3 is 15.1 Å². The van der Waals surface area contributed by atoms with E-state index in [0.717, 1.165) is 43.1 Å². The number of hydrogen-bond donors (Lipinski definition) is 2. The second-order valence-electron chi connectivity index (χ2n) is 6.34. The Morgan fingerprint density at radius 3 is 2.52 bits per heavy atom. The van der Waals surface area contributed by atoms with E-state index in [9.17, 15) is 9.18 Å². The zero-order valence-corrected chi connectivity index (χ0v) is 14.3. The standard InChI is InChI=1S/C20H22FN3O/c1-23-12-14-24(15-13-23)19-5-3-2-4-18(19)22-20(25)11-8-16-6-9-17(21)10-7-16/h2-11H,12-15H2,1H3,(H,22,25)/p+1/b11-8+. The quantitative estimate of drug-likeness (QED) is 0.833. The third kappa shape index (κ3) is 4.67. The predicted molar refractivity (Wildman–Crippen MR) is 99.3 cm³/mol. The molecule has 1 fully saturated rings. The van der Waals surface area contributed by atoms with Crippen LogP contribution in [0.1, 0.15) is 5.56 Å². The maximum atomic E-state index is 12.9. The normalized spacial score (nSPS) is 15.5. The van der Waals surface area contributed by atoms with Gasteiger partial charge in [-0.25, -0.2) is 4.39 Å². The molecule has 0 bridgehead atoms. The van der Waals surface area contributed by atoms with Crippen LogP contribution in [0.25, 0.3) is 6.08 Å². The van der Waals surface area contributed by atoms with Gasteiger partial charge >= 0.3 is 0 Å². The molecule has 2 aromatic carbocycles. The van der Waals surface area contributed by atoms with E-state index in [0.29, 0.717) is 0 Å². The lowest BCUT2D eigenvalue weighted by Gasteiger charge is -2.32. The zero-order valence-electron chi connectivity index (χ0n) is 14.3. The number of likely N-dealkylation sites (N-methyl/N-ethyl adjacent to an activating group) is 1. The van der Waals surface area contributed by atoms with Crippen LogP contribution in [0.3, 0.4) is 0 Å². The molecule has 130 valence electrons. The number of nitrogens with one attached hydrogen (secondary N) is 2. The van der Waals surface area contributed by atoms with Gasteiger partial charge in [0.1, 0.15) is 5.82 Å². The first kappa shape index (κ1) is 17.2. The molecule has 2 N–H and O–H groups in total. The third-order valence-electron chi connectivity index (χ3n) is 4.42. The van der Waals surface area contributed by atoms with Crippen LogP contribution < -0.4 is 15.1 Å². The highest BCUT2D eigenvalue weighted by atomic mass is 19.1. The largest absolute Gasteiger partial charge is 0.359 e. The molecule has 1 heterocycles. The number of halogens is 1. The van der Waals surface area contributed by atoms with Crippen LogP contribution in [0.2, 0.25) is 0 Å². The summed E-state index contributed by atoms with van der Waals surface area (Å²) in [5.41, 5.74) is 2.65. The molecule has 0 unspecified atom stereocenters. The average molecular weight is 340 g/mol. The smallest absolute Gasteiger partial charge is 0.248 e. The van der Waals surface area contributed by atoms with Crippen molar-refractivity contribution in [3.8, 4) is 0 Å². The molecule has 0 aromatic heterocycles. The maximum absolute atomic E-state index is 12.9. The summed E-state index contributed by atoms with van der Waals surface area (Å²) in [5.74, 6) is -0.485. The Balaban J connectivity index is 1.68. The molecule has 1 saturated heterocycles. The Bertz CT molecular complexity index is 750. The molecule has 1 aliphatic heterocycles. The number of anilines is 2. The minimum Gasteiger partial charge on any atom is -0.359 e. The summed E-state index contributed by atoms with van der Waals surface area (Å²) in [6, 6.07) is 13.9. The van der Waals surface area contributed by atoms with Crippen LogP contribution in [0.4, 0.5) is 15.8 Å². The van der Waals surface area contributed by atoms with E-state index in [1.807, 2.05) is 24.3 Å². The van der Waals surface area contributed by atoms with Crippen molar-refractivity contribution >= 4 is 23.4 Å². The molecule has 25 heavy (non-hydrogen) atoms. The summed E-state index contributed by atoms with van der Waals surface area (Å²) in [6.07, 6.45) is 3.15. The number of para-hydroxylation sites is 2. The van der Waals surface area contributed by atoms with Crippen molar-refractivity contribution in [2.45, 2.75) is 0 Å². The summed E-state index contributed by atoms with van der Waals surface area (Å²) in [4.78, 5) is 16.1. The molecule has 1 aliphatic rings. The van der Waals surface area contributed by atoms with Gasteiger partial charge in [0.15, 0.2) is 0 Å². The number of hydrogen-bond acceptors (Lipinski definition) is 2. The van der Waals surface area contributed by atoms with Crippen LogP contribution in [-0.4, -0.2) is 39.1 Å². The fraction of sp³-hybridized carbons (Fsp3) is 0.250. The van der Waals surface area contributed by atoms with Crippen LogP contribution in [-0.2, 0) is 4.79 Å². The summed E-state index contributed by atoms with van der Waals surface area (Å²) in [6.45, 7) is 4.13. The molecule has 0 saturated carbocycles. The number of benzene rings is 2. The van der Waals surface area contributed by atoms with Crippen molar-refractivity contribution in [3.63, 3.8) is 0 Å². The van der Waals surface area contributed by atoms with E-state index in [4.69, 9.17) is 0 Å². The number of piperazine rings is 1. The van der Waals surface area contributed by atoms with Gasteiger partial charge in [-0.2, -0.15) is 0 Å². The van der Waals surface area contributed by atoms with Crippen LogP contribution in [0, 0.1) is 5.82 Å². The van der Waals surface area contributed by atoms with Crippen molar-refractivity contribution in [3.05, 3.63) is 66.0 Å². The summed E-state index contributed by atoms with van der Waals surface area (Å²) in [5, 5.41) is 2.95. The topological polar surface area (TPSA) is 36.8 Å². The lowest BCUT2D eigenvalue weighted by Crippen LogP contribution is -3.12. The van der Waals surface area contributed by atoms with Gasteiger partial charge in [0.2, 0.25) is 5.91 Å². The Morgan fingerprint density at radius 1 is 1.12 bits per heavy atom. The van der Waals surface area contributed by atoms with Gasteiger partial charge in [0.25, 0.3) is 0 Å². The first-order valence-electron chi connectivity index (χ1n) is 8.52.